The van der Waals surface area contributed by atoms with E-state index in [2.05, 4.69) is 51.7 Å². The SMILES string of the molecule is Cc1nn(C)c(CN2CC3CCCCN3CC2C)c1Br. The third kappa shape index (κ3) is 2.68. The molecule has 0 saturated carbocycles. The summed E-state index contributed by atoms with van der Waals surface area (Å²) in [7, 11) is 2.05. The highest BCUT2D eigenvalue weighted by Crippen LogP contribution is 2.27. The average molecular weight is 341 g/mol. The van der Waals surface area contributed by atoms with Crippen LogP contribution in [0.4, 0.5) is 0 Å². The fourth-order valence-corrected chi connectivity index (χ4v) is 4.14. The van der Waals surface area contributed by atoms with Gasteiger partial charge in [0, 0.05) is 38.8 Å². The van der Waals surface area contributed by atoms with Crippen molar-refractivity contribution in [3.05, 3.63) is 15.9 Å². The van der Waals surface area contributed by atoms with Crippen LogP contribution in [0.1, 0.15) is 37.6 Å². The van der Waals surface area contributed by atoms with E-state index in [9.17, 15) is 0 Å². The molecule has 0 aromatic carbocycles. The molecule has 0 radical (unpaired) electrons. The Morgan fingerprint density at radius 3 is 2.80 bits per heavy atom. The van der Waals surface area contributed by atoms with Gasteiger partial charge in [-0.3, -0.25) is 14.5 Å². The van der Waals surface area contributed by atoms with Crippen LogP contribution in [-0.4, -0.2) is 51.3 Å². The quantitative estimate of drug-likeness (QED) is 0.826. The summed E-state index contributed by atoms with van der Waals surface area (Å²) in [6.45, 7) is 9.16. The Morgan fingerprint density at radius 1 is 1.30 bits per heavy atom. The van der Waals surface area contributed by atoms with Gasteiger partial charge in [-0.15, -0.1) is 0 Å². The Morgan fingerprint density at radius 2 is 2.10 bits per heavy atom. The molecule has 2 atom stereocenters. The minimum Gasteiger partial charge on any atom is -0.298 e. The van der Waals surface area contributed by atoms with E-state index in [4.69, 9.17) is 0 Å². The molecule has 1 aromatic rings. The maximum absolute atomic E-state index is 4.52. The summed E-state index contributed by atoms with van der Waals surface area (Å²) in [6, 6.07) is 1.40. The van der Waals surface area contributed by atoms with Crippen LogP contribution >= 0.6 is 15.9 Å². The van der Waals surface area contributed by atoms with Crippen LogP contribution in [0.15, 0.2) is 4.47 Å². The first kappa shape index (κ1) is 14.5. The number of nitrogens with zero attached hydrogens (tertiary/aromatic N) is 4. The molecule has 2 unspecified atom stereocenters. The van der Waals surface area contributed by atoms with Crippen LogP contribution in [0.2, 0.25) is 0 Å². The molecule has 2 saturated heterocycles. The summed E-state index contributed by atoms with van der Waals surface area (Å²) in [4.78, 5) is 5.34. The van der Waals surface area contributed by atoms with Gasteiger partial charge in [-0.1, -0.05) is 6.42 Å². The van der Waals surface area contributed by atoms with E-state index in [-0.39, 0.29) is 0 Å². The van der Waals surface area contributed by atoms with Crippen LogP contribution in [0, 0.1) is 6.92 Å². The highest BCUT2D eigenvalue weighted by Gasteiger charge is 2.33. The van der Waals surface area contributed by atoms with Crippen LogP contribution in [0.3, 0.4) is 0 Å². The molecular formula is C15H25BrN4. The lowest BCUT2D eigenvalue weighted by molar-refractivity contribution is 0.00987. The van der Waals surface area contributed by atoms with Crippen molar-refractivity contribution in [2.24, 2.45) is 7.05 Å². The van der Waals surface area contributed by atoms with Crippen molar-refractivity contribution in [1.29, 1.82) is 0 Å². The first-order valence-electron chi connectivity index (χ1n) is 7.72. The molecular weight excluding hydrogens is 316 g/mol. The predicted octanol–water partition coefficient (Wildman–Crippen LogP) is 2.55. The summed E-state index contributed by atoms with van der Waals surface area (Å²) in [6.07, 6.45) is 4.16. The third-order valence-electron chi connectivity index (χ3n) is 4.93. The molecule has 1 aromatic heterocycles. The summed E-state index contributed by atoms with van der Waals surface area (Å²) in [5.74, 6) is 0. The zero-order valence-electron chi connectivity index (χ0n) is 12.8. The van der Waals surface area contributed by atoms with Gasteiger partial charge in [0.1, 0.15) is 0 Å². The molecule has 112 valence electrons. The molecule has 5 heteroatoms. The Labute approximate surface area is 130 Å². The van der Waals surface area contributed by atoms with Gasteiger partial charge in [0.25, 0.3) is 0 Å². The van der Waals surface area contributed by atoms with Crippen LogP contribution in [0.25, 0.3) is 0 Å². The van der Waals surface area contributed by atoms with Crippen LogP contribution in [-0.2, 0) is 13.6 Å². The van der Waals surface area contributed by atoms with E-state index in [1.54, 1.807) is 0 Å². The number of rotatable bonds is 2. The molecule has 20 heavy (non-hydrogen) atoms. The normalized spacial score (nSPS) is 28.6. The number of hydrogen-bond acceptors (Lipinski definition) is 3. The fourth-order valence-electron chi connectivity index (χ4n) is 3.68. The summed E-state index contributed by atoms with van der Waals surface area (Å²) in [5, 5.41) is 4.52. The van der Waals surface area contributed by atoms with Gasteiger partial charge in [0.2, 0.25) is 0 Å². The highest BCUT2D eigenvalue weighted by molar-refractivity contribution is 9.10. The zero-order chi connectivity index (χ0) is 14.3. The molecule has 3 rings (SSSR count). The molecule has 2 fully saturated rings. The zero-order valence-corrected chi connectivity index (χ0v) is 14.4. The van der Waals surface area contributed by atoms with Gasteiger partial charge < -0.3 is 0 Å². The second kappa shape index (κ2) is 5.78. The maximum atomic E-state index is 4.52. The fraction of sp³-hybridized carbons (Fsp3) is 0.800. The minimum absolute atomic E-state index is 0.631. The van der Waals surface area contributed by atoms with E-state index in [0.29, 0.717) is 6.04 Å². The first-order valence-corrected chi connectivity index (χ1v) is 8.51. The van der Waals surface area contributed by atoms with E-state index >= 15 is 0 Å². The number of hydrogen-bond donors (Lipinski definition) is 0. The van der Waals surface area contributed by atoms with Crippen molar-refractivity contribution < 1.29 is 0 Å². The van der Waals surface area contributed by atoms with Gasteiger partial charge >= 0.3 is 0 Å². The number of aromatic nitrogens is 2. The van der Waals surface area contributed by atoms with Crippen molar-refractivity contribution >= 4 is 15.9 Å². The lowest BCUT2D eigenvalue weighted by Crippen LogP contribution is -2.58. The molecule has 2 aliphatic heterocycles. The lowest BCUT2D eigenvalue weighted by atomic mass is 9.97. The molecule has 0 spiro atoms. The van der Waals surface area contributed by atoms with E-state index in [1.165, 1.54) is 49.1 Å². The van der Waals surface area contributed by atoms with Crippen molar-refractivity contribution in [3.63, 3.8) is 0 Å². The number of aryl methyl sites for hydroxylation is 2. The molecule has 0 bridgehead atoms. The van der Waals surface area contributed by atoms with Gasteiger partial charge in [-0.05, 0) is 49.2 Å². The monoisotopic (exact) mass is 340 g/mol. The van der Waals surface area contributed by atoms with E-state index < -0.39 is 0 Å². The Hall–Kier alpha value is -0.390. The largest absolute Gasteiger partial charge is 0.298 e. The Kier molecular flexibility index (Phi) is 4.20. The van der Waals surface area contributed by atoms with Crippen molar-refractivity contribution in [2.75, 3.05) is 19.6 Å². The number of piperidine rings is 1. The van der Waals surface area contributed by atoms with Gasteiger partial charge in [-0.25, -0.2) is 0 Å². The molecule has 0 amide bonds. The molecule has 2 aliphatic rings. The number of fused-ring (bicyclic) bond motifs is 1. The van der Waals surface area contributed by atoms with Crippen molar-refractivity contribution in [1.82, 2.24) is 19.6 Å². The van der Waals surface area contributed by atoms with E-state index in [0.717, 1.165) is 18.3 Å². The lowest BCUT2D eigenvalue weighted by Gasteiger charge is -2.47. The van der Waals surface area contributed by atoms with Crippen LogP contribution < -0.4 is 0 Å². The topological polar surface area (TPSA) is 24.3 Å². The average Bonchev–Trinajstić information content (AvgIpc) is 2.66. The van der Waals surface area contributed by atoms with E-state index in [1.807, 2.05) is 4.68 Å². The van der Waals surface area contributed by atoms with Crippen LogP contribution in [0.5, 0.6) is 0 Å². The second-order valence-electron chi connectivity index (χ2n) is 6.39. The molecule has 0 aliphatic carbocycles. The Bertz CT molecular complexity index is 484. The van der Waals surface area contributed by atoms with Crippen molar-refractivity contribution in [3.8, 4) is 0 Å². The molecule has 3 heterocycles. The summed E-state index contributed by atoms with van der Waals surface area (Å²) < 4.78 is 3.21. The third-order valence-corrected chi connectivity index (χ3v) is 5.96. The van der Waals surface area contributed by atoms with Gasteiger partial charge in [-0.2, -0.15) is 5.10 Å². The van der Waals surface area contributed by atoms with Crippen molar-refractivity contribution in [2.45, 2.75) is 51.7 Å². The predicted molar refractivity (Wildman–Crippen MR) is 84.7 cm³/mol. The summed E-state index contributed by atoms with van der Waals surface area (Å²) in [5.41, 5.74) is 2.39. The smallest absolute Gasteiger partial charge is 0.0739 e. The van der Waals surface area contributed by atoms with Gasteiger partial charge in [0.05, 0.1) is 15.9 Å². The number of piperazine rings is 1. The minimum atomic E-state index is 0.631. The second-order valence-corrected chi connectivity index (χ2v) is 7.19. The standard InChI is InChI=1S/C15H25BrN4/c1-11-8-19-7-5-4-6-13(19)9-20(11)10-14-15(16)12(2)17-18(14)3/h11,13H,4-10H2,1-3H3. The molecule has 0 N–H and O–H groups in total. The highest BCUT2D eigenvalue weighted by atomic mass is 79.9. The first-order chi connectivity index (χ1) is 9.56. The summed E-state index contributed by atoms with van der Waals surface area (Å²) >= 11 is 3.70. The number of halogens is 1. The molecule has 4 nitrogen and oxygen atoms in total. The maximum Gasteiger partial charge on any atom is 0.0739 e. The van der Waals surface area contributed by atoms with Gasteiger partial charge in [0.15, 0.2) is 0 Å². The Balaban J connectivity index is 1.73.